The lowest BCUT2D eigenvalue weighted by atomic mass is 10.1. The second-order valence-electron chi connectivity index (χ2n) is 3.21. The lowest BCUT2D eigenvalue weighted by Gasteiger charge is -2.12. The van der Waals surface area contributed by atoms with E-state index < -0.39 is 0 Å². The lowest BCUT2D eigenvalue weighted by Crippen LogP contribution is -1.94. The smallest absolute Gasteiger partial charge is 0.204 e. The topological polar surface area (TPSA) is 27.7 Å². The monoisotopic (exact) mass is 234 g/mol. The average molecular weight is 234 g/mol. The van der Waals surface area contributed by atoms with Gasteiger partial charge in [0.1, 0.15) is 7.85 Å². The zero-order valence-electron chi connectivity index (χ0n) is 9.37. The molecule has 0 unspecified atom stereocenters. The zero-order valence-corrected chi connectivity index (χ0v) is 10.2. The van der Waals surface area contributed by atoms with E-state index in [1.165, 1.54) is 11.3 Å². The van der Waals surface area contributed by atoms with Gasteiger partial charge in [-0.25, -0.2) is 0 Å². The van der Waals surface area contributed by atoms with Crippen LogP contribution in [0.15, 0.2) is 12.1 Å². The van der Waals surface area contributed by atoms with Gasteiger partial charge in [-0.2, -0.15) is 0 Å². The van der Waals surface area contributed by atoms with Gasteiger partial charge in [-0.05, 0) is 16.2 Å². The summed E-state index contributed by atoms with van der Waals surface area (Å²) < 4.78 is 17.6. The number of thiophene rings is 1. The SMILES string of the molecule is [B]c1cc2cc(OC)c(OC)c(OC)c2s1. The van der Waals surface area contributed by atoms with Crippen molar-refractivity contribution >= 4 is 34.0 Å². The quantitative estimate of drug-likeness (QED) is 0.757. The van der Waals surface area contributed by atoms with E-state index in [2.05, 4.69) is 0 Å². The molecule has 2 rings (SSSR count). The predicted molar refractivity (Wildman–Crippen MR) is 66.9 cm³/mol. The predicted octanol–water partition coefficient (Wildman–Crippen LogP) is 1.72. The van der Waals surface area contributed by atoms with Crippen LogP contribution < -0.4 is 19.0 Å². The molecular weight excluding hydrogens is 223 g/mol. The second kappa shape index (κ2) is 4.25. The Morgan fingerprint density at radius 1 is 1.00 bits per heavy atom. The normalized spacial score (nSPS) is 10.4. The first-order chi connectivity index (χ1) is 7.71. The van der Waals surface area contributed by atoms with Crippen LogP contribution in [0.2, 0.25) is 0 Å². The van der Waals surface area contributed by atoms with E-state index in [1.54, 1.807) is 21.3 Å². The molecule has 0 fully saturated rings. The van der Waals surface area contributed by atoms with Gasteiger partial charge in [0.25, 0.3) is 0 Å². The van der Waals surface area contributed by atoms with E-state index in [9.17, 15) is 0 Å². The van der Waals surface area contributed by atoms with Crippen molar-refractivity contribution in [3.8, 4) is 17.2 Å². The number of fused-ring (bicyclic) bond motifs is 1. The molecule has 1 aromatic heterocycles. The number of benzene rings is 1. The fraction of sp³-hybridized carbons (Fsp3) is 0.273. The molecule has 0 aliphatic rings. The molecule has 0 saturated heterocycles. The van der Waals surface area contributed by atoms with Gasteiger partial charge in [0.2, 0.25) is 5.75 Å². The summed E-state index contributed by atoms with van der Waals surface area (Å²) in [6.45, 7) is 0. The van der Waals surface area contributed by atoms with E-state index >= 15 is 0 Å². The third-order valence-electron chi connectivity index (χ3n) is 2.33. The summed E-state index contributed by atoms with van der Waals surface area (Å²) in [4.78, 5) is 0. The van der Waals surface area contributed by atoms with E-state index in [0.29, 0.717) is 17.2 Å². The Labute approximate surface area is 99.3 Å². The largest absolute Gasteiger partial charge is 0.493 e. The molecule has 0 amide bonds. The Balaban J connectivity index is 2.81. The molecular formula is C11H11BO3S. The number of rotatable bonds is 3. The molecule has 0 N–H and O–H groups in total. The summed E-state index contributed by atoms with van der Waals surface area (Å²) in [6, 6.07) is 3.79. The lowest BCUT2D eigenvalue weighted by molar-refractivity contribution is 0.327. The summed E-state index contributed by atoms with van der Waals surface area (Å²) in [6.07, 6.45) is 0. The van der Waals surface area contributed by atoms with E-state index in [-0.39, 0.29) is 0 Å². The molecule has 3 nitrogen and oxygen atoms in total. The highest BCUT2D eigenvalue weighted by atomic mass is 32.1. The van der Waals surface area contributed by atoms with Crippen molar-refractivity contribution in [2.75, 3.05) is 21.3 Å². The molecule has 16 heavy (non-hydrogen) atoms. The van der Waals surface area contributed by atoms with Crippen molar-refractivity contribution in [2.24, 2.45) is 0 Å². The fourth-order valence-electron chi connectivity index (χ4n) is 1.66. The Kier molecular flexibility index (Phi) is 2.96. The van der Waals surface area contributed by atoms with Gasteiger partial charge in [-0.1, -0.05) is 6.07 Å². The van der Waals surface area contributed by atoms with Gasteiger partial charge in [0.15, 0.2) is 11.5 Å². The van der Waals surface area contributed by atoms with Gasteiger partial charge in [-0.3, -0.25) is 0 Å². The van der Waals surface area contributed by atoms with Crippen LogP contribution in [0, 0.1) is 0 Å². The minimum absolute atomic E-state index is 0.597. The number of ether oxygens (including phenoxy) is 3. The van der Waals surface area contributed by atoms with Crippen LogP contribution in [0.5, 0.6) is 17.2 Å². The highest BCUT2D eigenvalue weighted by Gasteiger charge is 2.17. The Bertz CT molecular complexity index is 521. The van der Waals surface area contributed by atoms with E-state index in [0.717, 1.165) is 14.9 Å². The Morgan fingerprint density at radius 2 is 1.69 bits per heavy atom. The Morgan fingerprint density at radius 3 is 2.25 bits per heavy atom. The Hall–Kier alpha value is -1.36. The number of hydrogen-bond donors (Lipinski definition) is 0. The highest BCUT2D eigenvalue weighted by Crippen LogP contribution is 2.44. The van der Waals surface area contributed by atoms with Crippen molar-refractivity contribution in [3.63, 3.8) is 0 Å². The first kappa shape index (κ1) is 11.1. The maximum absolute atomic E-state index is 5.78. The molecule has 1 heterocycles. The van der Waals surface area contributed by atoms with Crippen LogP contribution in [0.1, 0.15) is 0 Å². The van der Waals surface area contributed by atoms with Crippen LogP contribution in [0.25, 0.3) is 10.1 Å². The van der Waals surface area contributed by atoms with Crippen LogP contribution >= 0.6 is 11.3 Å². The summed E-state index contributed by atoms with van der Waals surface area (Å²) in [5.41, 5.74) is 0. The van der Waals surface area contributed by atoms with E-state index in [1.807, 2.05) is 12.1 Å². The molecule has 0 saturated carbocycles. The molecule has 2 aromatic rings. The van der Waals surface area contributed by atoms with Crippen molar-refractivity contribution < 1.29 is 14.2 Å². The van der Waals surface area contributed by atoms with Gasteiger partial charge >= 0.3 is 0 Å². The minimum atomic E-state index is 0.597. The molecule has 82 valence electrons. The third-order valence-corrected chi connectivity index (χ3v) is 3.31. The molecule has 5 heteroatoms. The second-order valence-corrected chi connectivity index (χ2v) is 4.30. The van der Waals surface area contributed by atoms with Crippen LogP contribution in [0.4, 0.5) is 0 Å². The number of methoxy groups -OCH3 is 3. The maximum atomic E-state index is 5.78. The maximum Gasteiger partial charge on any atom is 0.204 e. The van der Waals surface area contributed by atoms with Crippen molar-refractivity contribution in [1.29, 1.82) is 0 Å². The summed E-state index contributed by atoms with van der Waals surface area (Å²) in [5.74, 6) is 1.91. The summed E-state index contributed by atoms with van der Waals surface area (Å²) in [5, 5.41) is 0.997. The molecule has 1 aromatic carbocycles. The molecule has 2 radical (unpaired) electrons. The van der Waals surface area contributed by atoms with E-state index in [4.69, 9.17) is 22.1 Å². The number of hydrogen-bond acceptors (Lipinski definition) is 4. The molecule has 0 aliphatic carbocycles. The average Bonchev–Trinajstić information content (AvgIpc) is 2.66. The van der Waals surface area contributed by atoms with Crippen molar-refractivity contribution in [1.82, 2.24) is 0 Å². The molecule has 0 bridgehead atoms. The summed E-state index contributed by atoms with van der Waals surface area (Å²) >= 11 is 1.47. The van der Waals surface area contributed by atoms with Crippen LogP contribution in [-0.2, 0) is 0 Å². The van der Waals surface area contributed by atoms with Gasteiger partial charge in [0.05, 0.1) is 26.0 Å². The molecule has 0 atom stereocenters. The van der Waals surface area contributed by atoms with Gasteiger partial charge in [0, 0.05) is 0 Å². The van der Waals surface area contributed by atoms with Gasteiger partial charge < -0.3 is 14.2 Å². The van der Waals surface area contributed by atoms with Crippen molar-refractivity contribution in [3.05, 3.63) is 12.1 Å². The van der Waals surface area contributed by atoms with Gasteiger partial charge in [-0.15, -0.1) is 11.3 Å². The first-order valence-electron chi connectivity index (χ1n) is 4.69. The standard InChI is InChI=1S/C11H11BO3S/c1-13-7-4-6-5-8(12)16-11(6)10(15-3)9(7)14-2/h4-5H,1-3H3. The third kappa shape index (κ3) is 1.61. The summed E-state index contributed by atoms with van der Waals surface area (Å²) in [7, 11) is 10.6. The van der Waals surface area contributed by atoms with Crippen LogP contribution in [0.3, 0.4) is 0 Å². The molecule has 0 aliphatic heterocycles. The van der Waals surface area contributed by atoms with Crippen molar-refractivity contribution in [2.45, 2.75) is 0 Å². The fourth-order valence-corrected chi connectivity index (χ4v) is 2.59. The van der Waals surface area contributed by atoms with Crippen LogP contribution in [-0.4, -0.2) is 29.2 Å². The minimum Gasteiger partial charge on any atom is -0.493 e. The first-order valence-corrected chi connectivity index (χ1v) is 5.51. The highest BCUT2D eigenvalue weighted by molar-refractivity contribution is 7.26. The molecule has 0 spiro atoms. The zero-order chi connectivity index (χ0) is 11.7.